The molecule has 2 aromatic carbocycles. The predicted molar refractivity (Wildman–Crippen MR) is 118 cm³/mol. The highest BCUT2D eigenvalue weighted by atomic mass is 32.2. The van der Waals surface area contributed by atoms with Crippen molar-refractivity contribution >= 4 is 21.8 Å². The van der Waals surface area contributed by atoms with Crippen molar-refractivity contribution in [3.8, 4) is 5.75 Å². The summed E-state index contributed by atoms with van der Waals surface area (Å²) >= 11 is 0. The van der Waals surface area contributed by atoms with Gasteiger partial charge in [-0.25, -0.2) is 0 Å². The first-order valence-corrected chi connectivity index (χ1v) is 11.5. The molecule has 0 saturated carbocycles. The van der Waals surface area contributed by atoms with E-state index in [1.54, 1.807) is 7.11 Å². The number of benzene rings is 2. The van der Waals surface area contributed by atoms with E-state index in [9.17, 15) is 13.2 Å². The van der Waals surface area contributed by atoms with Gasteiger partial charge in [-0.1, -0.05) is 38.1 Å². The van der Waals surface area contributed by atoms with E-state index in [1.807, 2.05) is 48.5 Å². The summed E-state index contributed by atoms with van der Waals surface area (Å²) in [6.07, 6.45) is 0.672. The van der Waals surface area contributed by atoms with Crippen LogP contribution in [0.3, 0.4) is 0 Å². The molecule has 0 radical (unpaired) electrons. The number of hydrogen-bond donors (Lipinski definition) is 1. The number of amides is 1. The van der Waals surface area contributed by atoms with Crippen molar-refractivity contribution in [1.29, 1.82) is 0 Å². The number of carbonyl (C=O) groups excluding carboxylic acids is 1. The lowest BCUT2D eigenvalue weighted by Crippen LogP contribution is -2.51. The molecule has 3 rings (SSSR count). The third kappa shape index (κ3) is 5.38. The first kappa shape index (κ1) is 22.3. The first-order chi connectivity index (χ1) is 14.3. The molecule has 1 aliphatic heterocycles. The van der Waals surface area contributed by atoms with E-state index in [-0.39, 0.29) is 19.0 Å². The van der Waals surface area contributed by atoms with E-state index in [0.717, 1.165) is 11.3 Å². The van der Waals surface area contributed by atoms with Crippen molar-refractivity contribution in [1.82, 2.24) is 8.61 Å². The normalized spacial score (nSPS) is 17.1. The van der Waals surface area contributed by atoms with Gasteiger partial charge in [0.05, 0.1) is 13.7 Å². The maximum absolute atomic E-state index is 13.0. The van der Waals surface area contributed by atoms with Gasteiger partial charge in [-0.3, -0.25) is 4.79 Å². The summed E-state index contributed by atoms with van der Waals surface area (Å²) in [6, 6.07) is 14.9. The van der Waals surface area contributed by atoms with Crippen LogP contribution in [0, 0.1) is 0 Å². The van der Waals surface area contributed by atoms with Gasteiger partial charge in [-0.05, 0) is 47.7 Å². The summed E-state index contributed by atoms with van der Waals surface area (Å²) in [5, 5.41) is 2.79. The molecule has 0 aromatic heterocycles. The molecule has 8 heteroatoms. The van der Waals surface area contributed by atoms with Gasteiger partial charge in [0.25, 0.3) is 10.2 Å². The van der Waals surface area contributed by atoms with Crippen LogP contribution in [0.15, 0.2) is 48.5 Å². The standard InChI is InChI=1S/C22H29N3O4S/c1-17(2)19-7-9-20(10-8-19)23-22(26)16-25-14-4-13-24(30(25,27)28)15-18-5-11-21(29-3)12-6-18/h5-12,17H,4,13-16H2,1-3H3,(H,23,26). The van der Waals surface area contributed by atoms with Gasteiger partial charge in [0.1, 0.15) is 5.75 Å². The van der Waals surface area contributed by atoms with Gasteiger partial charge in [0.15, 0.2) is 0 Å². The molecule has 1 fully saturated rings. The Morgan fingerprint density at radius 2 is 1.67 bits per heavy atom. The van der Waals surface area contributed by atoms with Crippen LogP contribution >= 0.6 is 0 Å². The lowest BCUT2D eigenvalue weighted by molar-refractivity contribution is -0.116. The smallest absolute Gasteiger partial charge is 0.282 e. The van der Waals surface area contributed by atoms with Gasteiger partial charge in [-0.15, -0.1) is 0 Å². The molecule has 162 valence electrons. The number of ether oxygens (including phenoxy) is 1. The van der Waals surface area contributed by atoms with Gasteiger partial charge >= 0.3 is 0 Å². The molecule has 0 unspecified atom stereocenters. The lowest BCUT2D eigenvalue weighted by Gasteiger charge is -2.34. The Kier molecular flexibility index (Phi) is 7.12. The molecule has 0 aliphatic carbocycles. The molecule has 1 heterocycles. The lowest BCUT2D eigenvalue weighted by atomic mass is 10.0. The molecule has 7 nitrogen and oxygen atoms in total. The zero-order valence-electron chi connectivity index (χ0n) is 17.7. The minimum absolute atomic E-state index is 0.201. The van der Waals surface area contributed by atoms with Gasteiger partial charge in [0, 0.05) is 25.3 Å². The van der Waals surface area contributed by atoms with Crippen molar-refractivity contribution in [2.24, 2.45) is 0 Å². The Balaban J connectivity index is 1.62. The fourth-order valence-corrected chi connectivity index (χ4v) is 5.02. The molecule has 1 amide bonds. The SMILES string of the molecule is COc1ccc(CN2CCCN(CC(=O)Nc3ccc(C(C)C)cc3)S2(=O)=O)cc1. The zero-order valence-corrected chi connectivity index (χ0v) is 18.5. The molecule has 30 heavy (non-hydrogen) atoms. The second-order valence-corrected chi connectivity index (χ2v) is 9.63. The molecular formula is C22H29N3O4S. The number of rotatable bonds is 7. The van der Waals surface area contributed by atoms with Crippen LogP contribution in [-0.2, 0) is 21.5 Å². The Morgan fingerprint density at radius 1 is 1.03 bits per heavy atom. The second kappa shape index (κ2) is 9.59. The number of nitrogens with one attached hydrogen (secondary N) is 1. The Labute approximate surface area is 178 Å². The molecule has 1 aliphatic rings. The Morgan fingerprint density at radius 3 is 2.27 bits per heavy atom. The largest absolute Gasteiger partial charge is 0.497 e. The van der Waals surface area contributed by atoms with Crippen molar-refractivity contribution in [2.45, 2.75) is 32.7 Å². The van der Waals surface area contributed by atoms with E-state index in [4.69, 9.17) is 4.74 Å². The van der Waals surface area contributed by atoms with Crippen LogP contribution in [0.4, 0.5) is 5.69 Å². The summed E-state index contributed by atoms with van der Waals surface area (Å²) in [4.78, 5) is 12.5. The van der Waals surface area contributed by atoms with Gasteiger partial charge < -0.3 is 10.1 Å². The number of nitrogens with zero attached hydrogens (tertiary/aromatic N) is 2. The summed E-state index contributed by atoms with van der Waals surface area (Å²) in [5.74, 6) is 0.784. The minimum Gasteiger partial charge on any atom is -0.497 e. The van der Waals surface area contributed by atoms with Crippen molar-refractivity contribution in [3.05, 3.63) is 59.7 Å². The van der Waals surface area contributed by atoms with E-state index in [0.29, 0.717) is 31.1 Å². The molecule has 2 aromatic rings. The van der Waals surface area contributed by atoms with Crippen LogP contribution in [0.25, 0.3) is 0 Å². The van der Waals surface area contributed by atoms with Crippen LogP contribution in [-0.4, -0.2) is 49.7 Å². The van der Waals surface area contributed by atoms with Gasteiger partial charge in [0.2, 0.25) is 5.91 Å². The average molecular weight is 432 g/mol. The Hall–Kier alpha value is -2.42. The van der Waals surface area contributed by atoms with E-state index in [2.05, 4.69) is 19.2 Å². The topological polar surface area (TPSA) is 79.0 Å². The summed E-state index contributed by atoms with van der Waals surface area (Å²) in [6.45, 7) is 5.04. The van der Waals surface area contributed by atoms with Crippen LogP contribution < -0.4 is 10.1 Å². The number of anilines is 1. The highest BCUT2D eigenvalue weighted by molar-refractivity contribution is 7.86. The second-order valence-electron chi connectivity index (χ2n) is 7.70. The molecule has 0 bridgehead atoms. The average Bonchev–Trinajstić information content (AvgIpc) is 2.72. The monoisotopic (exact) mass is 431 g/mol. The van der Waals surface area contributed by atoms with E-state index in [1.165, 1.54) is 14.2 Å². The number of methoxy groups -OCH3 is 1. The summed E-state index contributed by atoms with van der Waals surface area (Å²) in [7, 11) is -2.12. The molecular weight excluding hydrogens is 402 g/mol. The molecule has 0 spiro atoms. The molecule has 0 atom stereocenters. The minimum atomic E-state index is -3.71. The third-order valence-corrected chi connectivity index (χ3v) is 7.10. The van der Waals surface area contributed by atoms with Crippen LogP contribution in [0.5, 0.6) is 5.75 Å². The quantitative estimate of drug-likeness (QED) is 0.730. The zero-order chi connectivity index (χ0) is 21.7. The van der Waals surface area contributed by atoms with Crippen molar-refractivity contribution in [2.75, 3.05) is 32.1 Å². The maximum Gasteiger partial charge on any atom is 0.282 e. The fraction of sp³-hybridized carbons (Fsp3) is 0.409. The van der Waals surface area contributed by atoms with E-state index >= 15 is 0 Å². The highest BCUT2D eigenvalue weighted by Gasteiger charge is 2.34. The number of carbonyl (C=O) groups is 1. The van der Waals surface area contributed by atoms with Gasteiger partial charge in [-0.2, -0.15) is 17.0 Å². The summed E-state index contributed by atoms with van der Waals surface area (Å²) < 4.78 is 33.8. The number of hydrogen-bond acceptors (Lipinski definition) is 4. The fourth-order valence-electron chi connectivity index (χ4n) is 3.39. The molecule has 1 N–H and O–H groups in total. The predicted octanol–water partition coefficient (Wildman–Crippen LogP) is 3.21. The van der Waals surface area contributed by atoms with Crippen LogP contribution in [0.2, 0.25) is 0 Å². The third-order valence-electron chi connectivity index (χ3n) is 5.17. The molecule has 1 saturated heterocycles. The van der Waals surface area contributed by atoms with Crippen molar-refractivity contribution in [3.63, 3.8) is 0 Å². The van der Waals surface area contributed by atoms with Crippen LogP contribution in [0.1, 0.15) is 37.3 Å². The van der Waals surface area contributed by atoms with E-state index < -0.39 is 10.2 Å². The van der Waals surface area contributed by atoms with Crippen molar-refractivity contribution < 1.29 is 17.9 Å². The Bertz CT molecular complexity index is 957. The maximum atomic E-state index is 13.0. The first-order valence-electron chi connectivity index (χ1n) is 10.1. The summed E-state index contributed by atoms with van der Waals surface area (Å²) in [5.41, 5.74) is 2.71. The highest BCUT2D eigenvalue weighted by Crippen LogP contribution is 2.21.